The number of nitrogens with zero attached hydrogens (tertiary/aromatic N) is 8. The van der Waals surface area contributed by atoms with Gasteiger partial charge in [0.25, 0.3) is 17.7 Å². The zero-order chi connectivity index (χ0) is 62.5. The molecule has 32 heteroatoms. The Balaban J connectivity index is 1.04. The van der Waals surface area contributed by atoms with Gasteiger partial charge in [-0.2, -0.15) is 0 Å². The van der Waals surface area contributed by atoms with Crippen LogP contribution < -0.4 is 31.5 Å². The molecule has 10 bridgehead atoms. The molecular formula is C56H57N13O13S6. The van der Waals surface area contributed by atoms with Crippen molar-refractivity contribution in [3.05, 3.63) is 111 Å². The number of benzene rings is 1. The molecule has 1 aliphatic carbocycles. The first-order valence-electron chi connectivity index (χ1n) is 27.2. The lowest BCUT2D eigenvalue weighted by molar-refractivity contribution is -0.180. The van der Waals surface area contributed by atoms with Gasteiger partial charge < -0.3 is 61.4 Å². The Hall–Kier alpha value is -7.92. The van der Waals surface area contributed by atoms with Crippen molar-refractivity contribution < 1.29 is 63.5 Å². The highest BCUT2D eigenvalue weighted by atomic mass is 32.1. The maximum atomic E-state index is 14.4. The molecule has 0 radical (unpaired) electrons. The maximum absolute atomic E-state index is 14.4. The Bertz CT molecular complexity index is 3890. The lowest BCUT2D eigenvalue weighted by Gasteiger charge is -2.36. The van der Waals surface area contributed by atoms with Gasteiger partial charge in [0.2, 0.25) is 18.2 Å². The summed E-state index contributed by atoms with van der Waals surface area (Å²) >= 11 is 6.93. The highest BCUT2D eigenvalue weighted by molar-refractivity contribution is 7.15. The zero-order valence-electron chi connectivity index (χ0n) is 47.4. The Morgan fingerprint density at radius 2 is 1.42 bits per heavy atom. The van der Waals surface area contributed by atoms with Gasteiger partial charge in [0.1, 0.15) is 82.2 Å². The molecule has 460 valence electrons. The number of aliphatic carboxylic acids is 2. The summed E-state index contributed by atoms with van der Waals surface area (Å²) in [7, 11) is 2.91. The molecule has 0 spiro atoms. The molecule has 1 aliphatic heterocycles. The molecule has 88 heavy (non-hydrogen) atoms. The topological polar surface area (TPSA) is 372 Å². The number of carbonyl (C=O) groups is 7. The van der Waals surface area contributed by atoms with Crippen LogP contribution in [0.1, 0.15) is 126 Å². The lowest BCUT2D eigenvalue weighted by Crippen LogP contribution is -2.45. The minimum absolute atomic E-state index is 0.0145. The molecule has 5 atom stereocenters. The SMILES string of the molecule is CNC(=O)C[C@@H]1NC(=O)c2csc(n2)-c2ccc(-c3nc(N(CCC(=O)O)C(O)OC4CC(C(=O)O)C4)cs3)nc2-c2csc(n2)-c2csc(n2)[C@H]([C@@H](O)c2ccccc2)NC(=O)CNC(=O)c2nc(sc2COC)C(C(C)C)NC(=O)c2nc1sc2C. The Morgan fingerprint density at radius 1 is 0.716 bits per heavy atom. The number of aryl methyl sites for hydroxylation is 1. The van der Waals surface area contributed by atoms with Gasteiger partial charge in [-0.3, -0.25) is 33.6 Å². The molecule has 9 N–H and O–H groups in total. The molecular weight excluding hydrogens is 1260 g/mol. The molecule has 0 saturated heterocycles. The summed E-state index contributed by atoms with van der Waals surface area (Å²) in [6.45, 7) is 4.67. The zero-order valence-corrected chi connectivity index (χ0v) is 52.3. The molecule has 7 aromatic heterocycles. The number of methoxy groups -OCH3 is 1. The van der Waals surface area contributed by atoms with E-state index in [0.717, 1.165) is 56.7 Å². The number of amides is 5. The van der Waals surface area contributed by atoms with Gasteiger partial charge in [0.15, 0.2) is 0 Å². The van der Waals surface area contributed by atoms with Crippen molar-refractivity contribution in [3.63, 3.8) is 0 Å². The largest absolute Gasteiger partial charge is 0.481 e. The number of hydrogen-bond acceptors (Lipinski definition) is 25. The first-order valence-corrected chi connectivity index (χ1v) is 32.4. The smallest absolute Gasteiger partial charge is 0.306 e. The number of nitrogens with one attached hydrogen (secondary N) is 5. The van der Waals surface area contributed by atoms with Crippen molar-refractivity contribution in [2.75, 3.05) is 32.1 Å². The number of ether oxygens (including phenoxy) is 2. The number of rotatable bonds is 16. The predicted molar refractivity (Wildman–Crippen MR) is 328 cm³/mol. The first-order chi connectivity index (χ1) is 42.2. The van der Waals surface area contributed by atoms with E-state index in [-0.39, 0.29) is 78.4 Å². The number of aromatic nitrogens is 7. The number of hydrogen-bond donors (Lipinski definition) is 9. The lowest BCUT2D eigenvalue weighted by atomic mass is 9.82. The standard InChI is InChI=1S/C56H57N13O13S6/c1-24(2)40-54-68-43(35(88-54)19-81-5)47(76)58-18-38(71)65-44(45(74)26-9-7-6-8-10-26)53-63-34(22-85-53)51-61-32(20-84-51)42-29(49-62-33(21-83-49)46(75)60-31(17-37(70)57-4)52-67-41(25(3)87-52)48(77)66-40)11-12-30(59-42)50-64-36(23-86-50)69(14-13-39(72)73)56(80)82-28-15-27(16-28)55(78)79/h6-12,20-24,27-28,31,40,44-45,56,74,80H,13-19H2,1-5H3,(H,57,70)(H,58,76)(H,60,75)(H,65,71)(H,66,77)(H,72,73)(H,78,79)/t27?,28?,31-,40?,44-,45-,56?/m0/s1. The fraction of sp³-hybridized carbons (Fsp3) is 0.357. The van der Waals surface area contributed by atoms with E-state index >= 15 is 0 Å². The van der Waals surface area contributed by atoms with Crippen LogP contribution in [0.3, 0.4) is 0 Å². The van der Waals surface area contributed by atoms with Crippen LogP contribution in [0.2, 0.25) is 0 Å². The summed E-state index contributed by atoms with van der Waals surface area (Å²) in [4.78, 5) is 129. The third-order valence-electron chi connectivity index (χ3n) is 14.1. The summed E-state index contributed by atoms with van der Waals surface area (Å²) < 4.78 is 11.2. The van der Waals surface area contributed by atoms with Gasteiger partial charge in [0.05, 0.1) is 60.7 Å². The van der Waals surface area contributed by atoms with E-state index < -0.39 is 90.7 Å². The normalized spacial score (nSPS) is 18.9. The van der Waals surface area contributed by atoms with Gasteiger partial charge in [-0.25, -0.2) is 34.9 Å². The van der Waals surface area contributed by atoms with Crippen LogP contribution in [-0.4, -0.2) is 137 Å². The monoisotopic (exact) mass is 1310 g/mol. The van der Waals surface area contributed by atoms with Crippen molar-refractivity contribution in [1.29, 1.82) is 0 Å². The highest BCUT2D eigenvalue weighted by Gasteiger charge is 2.38. The average molecular weight is 1310 g/mol. The van der Waals surface area contributed by atoms with E-state index in [0.29, 0.717) is 63.0 Å². The second-order valence-electron chi connectivity index (χ2n) is 20.6. The number of fused-ring (bicyclic) bond motifs is 14. The third kappa shape index (κ3) is 14.3. The first kappa shape index (κ1) is 63.1. The van der Waals surface area contributed by atoms with Crippen molar-refractivity contribution >= 4 is 115 Å². The quantitative estimate of drug-likeness (QED) is 0.0452. The van der Waals surface area contributed by atoms with E-state index in [1.807, 2.05) is 13.8 Å². The number of carboxylic acids is 2. The van der Waals surface area contributed by atoms with Crippen LogP contribution in [0.5, 0.6) is 0 Å². The molecule has 1 aromatic carbocycles. The molecule has 5 amide bonds. The van der Waals surface area contributed by atoms with E-state index in [1.54, 1.807) is 70.9 Å². The molecule has 2 aliphatic rings. The Labute approximate surface area is 525 Å². The molecule has 2 unspecified atom stereocenters. The van der Waals surface area contributed by atoms with Crippen LogP contribution in [0, 0.1) is 18.8 Å². The molecule has 8 aromatic rings. The molecule has 10 rings (SSSR count). The summed E-state index contributed by atoms with van der Waals surface area (Å²) in [5, 5.41) is 64.9. The van der Waals surface area contributed by atoms with E-state index in [4.69, 9.17) is 34.4 Å². The molecule has 26 nitrogen and oxygen atoms in total. The van der Waals surface area contributed by atoms with Crippen molar-refractivity contribution in [1.82, 2.24) is 61.5 Å². The summed E-state index contributed by atoms with van der Waals surface area (Å²) in [6, 6.07) is 9.20. The highest BCUT2D eigenvalue weighted by Crippen LogP contribution is 2.41. The minimum atomic E-state index is -1.66. The van der Waals surface area contributed by atoms with Gasteiger partial charge in [-0.15, -0.1) is 68.0 Å². The number of carboxylic acid groups (broad SMARTS) is 2. The fourth-order valence-electron chi connectivity index (χ4n) is 9.39. The second kappa shape index (κ2) is 27.6. The van der Waals surface area contributed by atoms with Gasteiger partial charge >= 0.3 is 11.9 Å². The Morgan fingerprint density at radius 3 is 2.15 bits per heavy atom. The van der Waals surface area contributed by atoms with Gasteiger partial charge in [-0.05, 0) is 43.4 Å². The van der Waals surface area contributed by atoms with Crippen molar-refractivity contribution in [3.8, 4) is 43.4 Å². The number of pyridine rings is 1. The van der Waals surface area contributed by atoms with E-state index in [1.165, 1.54) is 30.4 Å². The minimum Gasteiger partial charge on any atom is -0.481 e. The van der Waals surface area contributed by atoms with Gasteiger partial charge in [-0.1, -0.05) is 44.2 Å². The average Bonchev–Trinajstić information content (AvgIpc) is 3.40. The molecule has 8 heterocycles. The van der Waals surface area contributed by atoms with Crippen LogP contribution >= 0.6 is 68.0 Å². The molecule has 1 fully saturated rings. The summed E-state index contributed by atoms with van der Waals surface area (Å²) in [5.74, 6) is -5.85. The fourth-order valence-corrected chi connectivity index (χ4v) is 14.9. The summed E-state index contributed by atoms with van der Waals surface area (Å²) in [6.07, 6.45) is -3.85. The van der Waals surface area contributed by atoms with Crippen molar-refractivity contribution in [2.24, 2.45) is 11.8 Å². The number of aliphatic hydroxyl groups is 2. The number of carbonyl (C=O) groups excluding carboxylic acids is 5. The van der Waals surface area contributed by atoms with Crippen LogP contribution in [0.4, 0.5) is 5.82 Å². The second-order valence-corrected chi connectivity index (χ2v) is 26.4. The third-order valence-corrected chi connectivity index (χ3v) is 19.8. The predicted octanol–water partition coefficient (Wildman–Crippen LogP) is 6.75. The number of aliphatic hydroxyl groups excluding tert-OH is 2. The molecule has 1 saturated carbocycles. The van der Waals surface area contributed by atoms with E-state index in [9.17, 15) is 54.0 Å². The summed E-state index contributed by atoms with van der Waals surface area (Å²) in [5.41, 5.74) is 2.26. The van der Waals surface area contributed by atoms with Crippen LogP contribution in [-0.2, 0) is 35.3 Å². The Kier molecular flexibility index (Phi) is 19.8. The van der Waals surface area contributed by atoms with Crippen LogP contribution in [0.15, 0.2) is 64.0 Å². The maximum Gasteiger partial charge on any atom is 0.306 e. The number of anilines is 1. The number of thiazole rings is 6. The van der Waals surface area contributed by atoms with E-state index in [2.05, 4.69) is 36.6 Å². The van der Waals surface area contributed by atoms with Crippen LogP contribution in [0.25, 0.3) is 43.4 Å². The van der Waals surface area contributed by atoms with Crippen molar-refractivity contribution in [2.45, 2.75) is 89.8 Å². The van der Waals surface area contributed by atoms with Gasteiger partial charge in [0, 0.05) is 52.7 Å².